The number of ether oxygens (including phenoxy) is 5. The molecule has 1 heterocycles. The van der Waals surface area contributed by atoms with Crippen LogP contribution in [-0.4, -0.2) is 70.2 Å². The highest BCUT2D eigenvalue weighted by Gasteiger charge is 2.49. The maximum absolute atomic E-state index is 11.5. The molecule has 100 valence electrons. The van der Waals surface area contributed by atoms with Crippen molar-refractivity contribution in [2.75, 3.05) is 28.4 Å². The molecule has 0 amide bonds. The van der Waals surface area contributed by atoms with E-state index in [1.165, 1.54) is 28.4 Å². The first-order valence-electron chi connectivity index (χ1n) is 5.10. The van der Waals surface area contributed by atoms with Gasteiger partial charge >= 0.3 is 5.97 Å². The molecule has 1 N–H and O–H groups in total. The number of aliphatic hydroxyl groups excluding tert-OH is 1. The molecule has 1 fully saturated rings. The van der Waals surface area contributed by atoms with E-state index in [-0.39, 0.29) is 0 Å². The van der Waals surface area contributed by atoms with Gasteiger partial charge in [-0.05, 0) is 0 Å². The van der Waals surface area contributed by atoms with E-state index in [4.69, 9.17) is 18.9 Å². The monoisotopic (exact) mass is 250 g/mol. The Morgan fingerprint density at radius 3 is 2.06 bits per heavy atom. The van der Waals surface area contributed by atoms with Gasteiger partial charge in [0.2, 0.25) is 0 Å². The van der Waals surface area contributed by atoms with Gasteiger partial charge in [0.25, 0.3) is 0 Å². The summed E-state index contributed by atoms with van der Waals surface area (Å²) in [5.74, 6) is -0.604. The van der Waals surface area contributed by atoms with E-state index < -0.39 is 36.7 Å². The molecular formula is C10H18O7. The summed E-state index contributed by atoms with van der Waals surface area (Å²) in [6, 6.07) is 0. The third-order valence-electron chi connectivity index (χ3n) is 2.73. The number of hydrogen-bond acceptors (Lipinski definition) is 7. The minimum Gasteiger partial charge on any atom is -0.467 e. The molecule has 7 nitrogen and oxygen atoms in total. The second kappa shape index (κ2) is 6.27. The zero-order chi connectivity index (χ0) is 13.0. The minimum atomic E-state index is -1.05. The van der Waals surface area contributed by atoms with Gasteiger partial charge in [-0.25, -0.2) is 4.79 Å². The molecule has 0 radical (unpaired) electrons. The number of carbonyl (C=O) groups excluding carboxylic acids is 1. The van der Waals surface area contributed by atoms with Crippen LogP contribution in [0.5, 0.6) is 0 Å². The van der Waals surface area contributed by atoms with Gasteiger partial charge in [-0.15, -0.1) is 0 Å². The van der Waals surface area contributed by atoms with Crippen LogP contribution in [0.1, 0.15) is 0 Å². The van der Waals surface area contributed by atoms with E-state index >= 15 is 0 Å². The number of carbonyl (C=O) groups is 1. The Labute approximate surface area is 99.5 Å². The molecule has 0 unspecified atom stereocenters. The molecule has 0 aromatic rings. The van der Waals surface area contributed by atoms with Crippen LogP contribution in [0.3, 0.4) is 0 Å². The second-order valence-corrected chi connectivity index (χ2v) is 3.58. The highest BCUT2D eigenvalue weighted by Crippen LogP contribution is 2.26. The number of aliphatic hydroxyl groups is 1. The topological polar surface area (TPSA) is 83.5 Å². The van der Waals surface area contributed by atoms with E-state index in [2.05, 4.69) is 4.74 Å². The highest BCUT2D eigenvalue weighted by molar-refractivity contribution is 5.75. The molecule has 0 spiro atoms. The number of methoxy groups -OCH3 is 4. The Balaban J connectivity index is 2.92. The molecule has 7 heteroatoms. The summed E-state index contributed by atoms with van der Waals surface area (Å²) in [7, 11) is 5.41. The summed E-state index contributed by atoms with van der Waals surface area (Å²) in [5, 5.41) is 9.90. The van der Waals surface area contributed by atoms with E-state index in [1.54, 1.807) is 0 Å². The predicted octanol–water partition coefficient (Wildman–Crippen LogP) is -1.08. The fourth-order valence-electron chi connectivity index (χ4n) is 1.86. The van der Waals surface area contributed by atoms with Crippen molar-refractivity contribution in [1.82, 2.24) is 0 Å². The Morgan fingerprint density at radius 1 is 1.06 bits per heavy atom. The van der Waals surface area contributed by atoms with Crippen LogP contribution in [0.15, 0.2) is 0 Å². The molecule has 0 aliphatic carbocycles. The van der Waals surface area contributed by atoms with Crippen molar-refractivity contribution in [1.29, 1.82) is 0 Å². The number of rotatable bonds is 4. The lowest BCUT2D eigenvalue weighted by molar-refractivity contribution is -0.295. The zero-order valence-corrected chi connectivity index (χ0v) is 10.3. The van der Waals surface area contributed by atoms with Crippen molar-refractivity contribution in [3.8, 4) is 0 Å². The highest BCUT2D eigenvalue weighted by atomic mass is 16.7. The second-order valence-electron chi connectivity index (χ2n) is 3.58. The SMILES string of the molecule is COC(=O)[C@H]1O[C@H](OC)[C@H](O)[C@@H](OC)[C@@H]1OC. The summed E-state index contributed by atoms with van der Waals surface area (Å²) in [6.45, 7) is 0. The molecule has 1 aliphatic heterocycles. The average molecular weight is 250 g/mol. The van der Waals surface area contributed by atoms with Gasteiger partial charge in [0.05, 0.1) is 7.11 Å². The van der Waals surface area contributed by atoms with Crippen LogP contribution in [0.2, 0.25) is 0 Å². The average Bonchev–Trinajstić information content (AvgIpc) is 2.36. The van der Waals surface area contributed by atoms with Crippen molar-refractivity contribution in [2.24, 2.45) is 0 Å². The molecule has 1 saturated heterocycles. The maximum atomic E-state index is 11.5. The van der Waals surface area contributed by atoms with Crippen LogP contribution >= 0.6 is 0 Å². The Kier molecular flexibility index (Phi) is 5.29. The van der Waals surface area contributed by atoms with Gasteiger partial charge in [-0.3, -0.25) is 0 Å². The van der Waals surface area contributed by atoms with E-state index in [1.807, 2.05) is 0 Å². The van der Waals surface area contributed by atoms with Crippen molar-refractivity contribution >= 4 is 5.97 Å². The molecule has 0 aromatic heterocycles. The quantitative estimate of drug-likeness (QED) is 0.635. The molecular weight excluding hydrogens is 232 g/mol. The lowest BCUT2D eigenvalue weighted by Crippen LogP contribution is -2.61. The predicted molar refractivity (Wildman–Crippen MR) is 55.3 cm³/mol. The largest absolute Gasteiger partial charge is 0.467 e. The lowest BCUT2D eigenvalue weighted by Gasteiger charge is -2.41. The van der Waals surface area contributed by atoms with E-state index in [0.717, 1.165) is 0 Å². The van der Waals surface area contributed by atoms with Crippen molar-refractivity contribution in [3.05, 3.63) is 0 Å². The van der Waals surface area contributed by atoms with Crippen molar-refractivity contribution in [3.63, 3.8) is 0 Å². The summed E-state index contributed by atoms with van der Waals surface area (Å²) in [4.78, 5) is 11.5. The van der Waals surface area contributed by atoms with Crippen LogP contribution < -0.4 is 0 Å². The van der Waals surface area contributed by atoms with E-state index in [0.29, 0.717) is 0 Å². The van der Waals surface area contributed by atoms with Gasteiger partial charge in [-0.2, -0.15) is 0 Å². The van der Waals surface area contributed by atoms with Gasteiger partial charge in [-0.1, -0.05) is 0 Å². The molecule has 0 bridgehead atoms. The first kappa shape index (κ1) is 14.3. The number of hydrogen-bond donors (Lipinski definition) is 1. The zero-order valence-electron chi connectivity index (χ0n) is 10.3. The normalized spacial score (nSPS) is 37.8. The fraction of sp³-hybridized carbons (Fsp3) is 0.900. The third kappa shape index (κ3) is 2.75. The van der Waals surface area contributed by atoms with Crippen LogP contribution in [-0.2, 0) is 28.5 Å². The third-order valence-corrected chi connectivity index (χ3v) is 2.73. The first-order chi connectivity index (χ1) is 8.10. The van der Waals surface area contributed by atoms with Crippen LogP contribution in [0.25, 0.3) is 0 Å². The molecule has 1 aliphatic rings. The number of esters is 1. The van der Waals surface area contributed by atoms with Gasteiger partial charge in [0.15, 0.2) is 12.4 Å². The van der Waals surface area contributed by atoms with E-state index in [9.17, 15) is 9.90 Å². The van der Waals surface area contributed by atoms with Gasteiger partial charge in [0.1, 0.15) is 18.3 Å². The molecule has 0 saturated carbocycles. The van der Waals surface area contributed by atoms with Crippen molar-refractivity contribution in [2.45, 2.75) is 30.7 Å². The molecule has 1 rings (SSSR count). The minimum absolute atomic E-state index is 0.604. The maximum Gasteiger partial charge on any atom is 0.337 e. The Morgan fingerprint density at radius 2 is 1.65 bits per heavy atom. The summed E-state index contributed by atoms with van der Waals surface area (Å²) >= 11 is 0. The van der Waals surface area contributed by atoms with Gasteiger partial charge in [0, 0.05) is 21.3 Å². The summed E-state index contributed by atoms with van der Waals surface area (Å²) in [6.07, 6.45) is -4.49. The summed E-state index contributed by atoms with van der Waals surface area (Å²) in [5.41, 5.74) is 0. The molecule has 17 heavy (non-hydrogen) atoms. The van der Waals surface area contributed by atoms with Crippen LogP contribution in [0, 0.1) is 0 Å². The smallest absolute Gasteiger partial charge is 0.337 e. The van der Waals surface area contributed by atoms with Crippen LogP contribution in [0.4, 0.5) is 0 Å². The Bertz CT molecular complexity index is 257. The lowest BCUT2D eigenvalue weighted by atomic mass is 9.98. The fourth-order valence-corrected chi connectivity index (χ4v) is 1.86. The van der Waals surface area contributed by atoms with Gasteiger partial charge < -0.3 is 28.8 Å². The first-order valence-corrected chi connectivity index (χ1v) is 5.10. The Hall–Kier alpha value is -0.730. The molecule has 5 atom stereocenters. The summed E-state index contributed by atoms with van der Waals surface area (Å²) < 4.78 is 25.1. The molecule has 0 aromatic carbocycles. The standard InChI is InChI=1S/C10H18O7/c1-13-6-5(11)10(16-4)17-8(7(6)14-2)9(12)15-3/h5-8,10-11H,1-4H3/t5-,6-,7+,8+,10+/m1/s1. The van der Waals surface area contributed by atoms with Crippen molar-refractivity contribution < 1.29 is 33.6 Å².